The minimum atomic E-state index is -3.12. The highest BCUT2D eigenvalue weighted by molar-refractivity contribution is 7.53. The number of amides is 2. The standard InChI is InChI=1S/C28H34FN4O6P/c1-18-14-21-23(27(35)32-10-8-31(9-11-32)12-13-40(37,38-2)39-3)22-17-33(16-19-4-6-20(29)7-5-19)28(36)24(22)26(34)25(21)30-15-18/h4-7,15,18,34H,8-14,16-17H2,1-3H3. The van der Waals surface area contributed by atoms with Gasteiger partial charge in [-0.1, -0.05) is 19.1 Å². The molecule has 0 radical (unpaired) electrons. The highest BCUT2D eigenvalue weighted by Crippen LogP contribution is 2.47. The molecule has 3 aliphatic rings. The van der Waals surface area contributed by atoms with E-state index in [9.17, 15) is 23.7 Å². The number of phenols is 1. The predicted molar refractivity (Wildman–Crippen MR) is 148 cm³/mol. The van der Waals surface area contributed by atoms with Crippen LogP contribution in [0.4, 0.5) is 10.1 Å². The molecule has 5 rings (SSSR count). The van der Waals surface area contributed by atoms with Crippen LogP contribution in [0.5, 0.6) is 5.75 Å². The zero-order valence-electron chi connectivity index (χ0n) is 22.9. The molecule has 3 aliphatic heterocycles. The number of fused-ring (bicyclic) bond motifs is 2. The van der Waals surface area contributed by atoms with Gasteiger partial charge in [0.25, 0.3) is 11.8 Å². The number of aromatic hydroxyl groups is 1. The molecular formula is C28H34FN4O6P. The van der Waals surface area contributed by atoms with Crippen molar-refractivity contribution in [1.29, 1.82) is 0 Å². The third-order valence-corrected chi connectivity index (χ3v) is 9.75. The highest BCUT2D eigenvalue weighted by atomic mass is 31.2. The van der Waals surface area contributed by atoms with E-state index in [-0.39, 0.29) is 59.8 Å². The Hall–Kier alpha value is -3.11. The van der Waals surface area contributed by atoms with Gasteiger partial charge in [0.05, 0.1) is 17.3 Å². The zero-order chi connectivity index (χ0) is 28.6. The summed E-state index contributed by atoms with van der Waals surface area (Å²) in [5.41, 5.74) is 2.76. The van der Waals surface area contributed by atoms with E-state index in [0.717, 1.165) is 5.56 Å². The van der Waals surface area contributed by atoms with Crippen LogP contribution in [0.3, 0.4) is 0 Å². The number of aliphatic imine (C=N–C) groups is 1. The number of carbonyl (C=O) groups is 2. The molecule has 2 amide bonds. The first-order chi connectivity index (χ1) is 19.1. The number of halogens is 1. The van der Waals surface area contributed by atoms with Crippen LogP contribution < -0.4 is 0 Å². The second-order valence-electron chi connectivity index (χ2n) is 10.5. The molecule has 3 heterocycles. The minimum absolute atomic E-state index is 0.0676. The second kappa shape index (κ2) is 11.4. The molecule has 2 aromatic carbocycles. The number of benzene rings is 2. The van der Waals surface area contributed by atoms with Gasteiger partial charge in [-0.15, -0.1) is 0 Å². The van der Waals surface area contributed by atoms with Gasteiger partial charge in [0.1, 0.15) is 11.5 Å². The number of nitrogens with zero attached hydrogens (tertiary/aromatic N) is 4. The van der Waals surface area contributed by atoms with Crippen LogP contribution in [-0.4, -0.2) is 90.9 Å². The Morgan fingerprint density at radius 2 is 1.80 bits per heavy atom. The molecule has 2 aromatic rings. The fourth-order valence-corrected chi connectivity index (χ4v) is 6.65. The molecule has 0 spiro atoms. The summed E-state index contributed by atoms with van der Waals surface area (Å²) < 4.78 is 35.9. The molecule has 40 heavy (non-hydrogen) atoms. The van der Waals surface area contributed by atoms with Crippen LogP contribution in [0.25, 0.3) is 0 Å². The SMILES string of the molecule is COP(=O)(CCN1CCN(C(=O)c2c3c(c(O)c4c2CN(Cc2ccc(F)cc2)C4=O)N=CC(C)C3)CC1)OC. The van der Waals surface area contributed by atoms with E-state index in [0.29, 0.717) is 55.8 Å². The van der Waals surface area contributed by atoms with Crippen molar-refractivity contribution in [2.45, 2.75) is 26.4 Å². The van der Waals surface area contributed by atoms with Gasteiger partial charge in [-0.2, -0.15) is 0 Å². The van der Waals surface area contributed by atoms with Gasteiger partial charge < -0.3 is 24.0 Å². The molecule has 1 fully saturated rings. The molecular weight excluding hydrogens is 538 g/mol. The average Bonchev–Trinajstić information content (AvgIpc) is 3.28. The highest BCUT2D eigenvalue weighted by Gasteiger charge is 2.40. The Labute approximate surface area is 232 Å². The summed E-state index contributed by atoms with van der Waals surface area (Å²) >= 11 is 0. The average molecular weight is 573 g/mol. The van der Waals surface area contributed by atoms with E-state index < -0.39 is 7.60 Å². The first-order valence-corrected chi connectivity index (χ1v) is 15.1. The van der Waals surface area contributed by atoms with E-state index in [4.69, 9.17) is 9.05 Å². The van der Waals surface area contributed by atoms with E-state index >= 15 is 0 Å². The molecule has 0 aromatic heterocycles. The lowest BCUT2D eigenvalue weighted by atomic mass is 9.87. The summed E-state index contributed by atoms with van der Waals surface area (Å²) in [6.45, 7) is 4.99. The maximum atomic E-state index is 14.1. The van der Waals surface area contributed by atoms with Crippen molar-refractivity contribution < 1.29 is 32.7 Å². The topological polar surface area (TPSA) is 112 Å². The van der Waals surface area contributed by atoms with Crippen molar-refractivity contribution in [2.24, 2.45) is 10.9 Å². The van der Waals surface area contributed by atoms with Crippen LogP contribution in [-0.2, 0) is 33.1 Å². The molecule has 1 saturated heterocycles. The number of hydrogen-bond acceptors (Lipinski definition) is 8. The second-order valence-corrected chi connectivity index (χ2v) is 12.9. The molecule has 0 aliphatic carbocycles. The number of rotatable bonds is 8. The summed E-state index contributed by atoms with van der Waals surface area (Å²) in [5, 5.41) is 11.2. The van der Waals surface area contributed by atoms with Crippen LogP contribution in [0.1, 0.15) is 44.3 Å². The van der Waals surface area contributed by atoms with Crippen LogP contribution in [0, 0.1) is 11.7 Å². The minimum Gasteiger partial charge on any atom is -0.505 e. The molecule has 0 bridgehead atoms. The lowest BCUT2D eigenvalue weighted by Crippen LogP contribution is -2.49. The quantitative estimate of drug-likeness (QED) is 0.479. The number of phenolic OH excluding ortho intramolecular Hbond substituents is 1. The van der Waals surface area contributed by atoms with E-state index in [1.54, 1.807) is 28.1 Å². The molecule has 1 unspecified atom stereocenters. The number of piperazine rings is 1. The van der Waals surface area contributed by atoms with E-state index in [1.807, 2.05) is 6.92 Å². The van der Waals surface area contributed by atoms with Crippen LogP contribution >= 0.6 is 7.60 Å². The van der Waals surface area contributed by atoms with Crippen LogP contribution in [0.2, 0.25) is 0 Å². The smallest absolute Gasteiger partial charge is 0.331 e. The summed E-state index contributed by atoms with van der Waals surface area (Å²) in [5.74, 6) is -1.06. The largest absolute Gasteiger partial charge is 0.505 e. The fourth-order valence-electron chi connectivity index (χ4n) is 5.60. The van der Waals surface area contributed by atoms with E-state index in [2.05, 4.69) is 9.89 Å². The Kier molecular flexibility index (Phi) is 8.10. The Morgan fingerprint density at radius 3 is 2.45 bits per heavy atom. The lowest BCUT2D eigenvalue weighted by molar-refractivity contribution is 0.0637. The summed E-state index contributed by atoms with van der Waals surface area (Å²) in [4.78, 5) is 37.5. The summed E-state index contributed by atoms with van der Waals surface area (Å²) in [7, 11) is -0.379. The Balaban J connectivity index is 1.41. The number of carbonyl (C=O) groups excluding carboxylic acids is 2. The molecule has 214 valence electrons. The third-order valence-electron chi connectivity index (χ3n) is 7.89. The van der Waals surface area contributed by atoms with E-state index in [1.165, 1.54) is 26.4 Å². The monoisotopic (exact) mass is 572 g/mol. The summed E-state index contributed by atoms with van der Waals surface area (Å²) in [6, 6.07) is 5.92. The van der Waals surface area contributed by atoms with Crippen LogP contribution in [0.15, 0.2) is 29.3 Å². The fraction of sp³-hybridized carbons (Fsp3) is 0.464. The molecule has 1 atom stereocenters. The first kappa shape index (κ1) is 28.4. The van der Waals surface area contributed by atoms with Gasteiger partial charge in [0, 0.05) is 71.8 Å². The molecule has 1 N–H and O–H groups in total. The van der Waals surface area contributed by atoms with Gasteiger partial charge in [-0.05, 0) is 35.6 Å². The van der Waals surface area contributed by atoms with Crippen molar-refractivity contribution in [1.82, 2.24) is 14.7 Å². The Morgan fingerprint density at radius 1 is 1.12 bits per heavy atom. The third kappa shape index (κ3) is 5.43. The van der Waals surface area contributed by atoms with Crippen molar-refractivity contribution in [3.63, 3.8) is 0 Å². The number of hydrogen-bond donors (Lipinski definition) is 1. The van der Waals surface area contributed by atoms with Gasteiger partial charge in [-0.25, -0.2) is 4.39 Å². The van der Waals surface area contributed by atoms with Gasteiger partial charge in [0.15, 0.2) is 5.75 Å². The zero-order valence-corrected chi connectivity index (χ0v) is 23.8. The van der Waals surface area contributed by atoms with Crippen molar-refractivity contribution >= 4 is 31.3 Å². The van der Waals surface area contributed by atoms with Crippen molar-refractivity contribution in [3.05, 3.63) is 57.9 Å². The van der Waals surface area contributed by atoms with Crippen molar-refractivity contribution in [2.75, 3.05) is 53.1 Å². The maximum absolute atomic E-state index is 14.1. The van der Waals surface area contributed by atoms with Gasteiger partial charge in [0.2, 0.25) is 0 Å². The Bertz CT molecular complexity index is 1380. The normalized spacial score (nSPS) is 19.2. The van der Waals surface area contributed by atoms with Crippen molar-refractivity contribution in [3.8, 4) is 5.75 Å². The molecule has 0 saturated carbocycles. The predicted octanol–water partition coefficient (Wildman–Crippen LogP) is 3.83. The summed E-state index contributed by atoms with van der Waals surface area (Å²) in [6.07, 6.45) is 2.51. The maximum Gasteiger partial charge on any atom is 0.331 e. The molecule has 12 heteroatoms. The molecule has 10 nitrogen and oxygen atoms in total. The first-order valence-electron chi connectivity index (χ1n) is 13.3. The van der Waals surface area contributed by atoms with Gasteiger partial charge in [-0.3, -0.25) is 24.0 Å². The lowest BCUT2D eigenvalue weighted by Gasteiger charge is -2.36. The van der Waals surface area contributed by atoms with Gasteiger partial charge >= 0.3 is 7.60 Å².